The van der Waals surface area contributed by atoms with E-state index in [1.54, 1.807) is 0 Å². The first-order chi connectivity index (χ1) is 7.34. The second-order valence-corrected chi connectivity index (χ2v) is 4.02. The van der Waals surface area contributed by atoms with Crippen LogP contribution in [0.2, 0.25) is 0 Å². The fourth-order valence-electron chi connectivity index (χ4n) is 2.22. The highest BCUT2D eigenvalue weighted by atomic mass is 16.1. The predicted molar refractivity (Wildman–Crippen MR) is 55.7 cm³/mol. The molecule has 2 aromatic rings. The summed E-state index contributed by atoms with van der Waals surface area (Å²) in [5, 5.41) is 4.93. The number of aromatic nitrogens is 4. The molecule has 1 saturated carbocycles. The van der Waals surface area contributed by atoms with Gasteiger partial charge in [0.25, 0.3) is 5.56 Å². The lowest BCUT2D eigenvalue weighted by atomic mass is 10.3. The van der Waals surface area contributed by atoms with Gasteiger partial charge >= 0.3 is 0 Å². The van der Waals surface area contributed by atoms with E-state index in [0.717, 1.165) is 12.8 Å². The number of hydrogen-bond donors (Lipinski definition) is 1. The third-order valence-electron chi connectivity index (χ3n) is 3.04. The summed E-state index contributed by atoms with van der Waals surface area (Å²) in [7, 11) is 0. The number of rotatable bonds is 1. The summed E-state index contributed by atoms with van der Waals surface area (Å²) >= 11 is 0. The maximum atomic E-state index is 11.5. The molecule has 0 saturated heterocycles. The monoisotopic (exact) mass is 204 g/mol. The molecule has 0 atom stereocenters. The second kappa shape index (κ2) is 3.18. The quantitative estimate of drug-likeness (QED) is 0.760. The fourth-order valence-corrected chi connectivity index (χ4v) is 2.22. The zero-order valence-electron chi connectivity index (χ0n) is 8.31. The van der Waals surface area contributed by atoms with E-state index >= 15 is 0 Å². The minimum absolute atomic E-state index is 0.107. The van der Waals surface area contributed by atoms with E-state index < -0.39 is 0 Å². The zero-order chi connectivity index (χ0) is 10.3. The molecule has 5 nitrogen and oxygen atoms in total. The Morgan fingerprint density at radius 3 is 2.93 bits per heavy atom. The van der Waals surface area contributed by atoms with Gasteiger partial charge in [-0.3, -0.25) is 9.48 Å². The van der Waals surface area contributed by atoms with Crippen LogP contribution in [0.4, 0.5) is 0 Å². The van der Waals surface area contributed by atoms with Crippen molar-refractivity contribution in [1.29, 1.82) is 0 Å². The third-order valence-corrected chi connectivity index (χ3v) is 3.04. The van der Waals surface area contributed by atoms with Crippen molar-refractivity contribution in [2.75, 3.05) is 0 Å². The molecule has 0 unspecified atom stereocenters. The van der Waals surface area contributed by atoms with Gasteiger partial charge in [-0.15, -0.1) is 0 Å². The van der Waals surface area contributed by atoms with E-state index in [-0.39, 0.29) is 5.56 Å². The van der Waals surface area contributed by atoms with E-state index in [9.17, 15) is 4.79 Å². The van der Waals surface area contributed by atoms with Crippen LogP contribution < -0.4 is 5.56 Å². The van der Waals surface area contributed by atoms with E-state index in [0.29, 0.717) is 17.1 Å². The molecular formula is C10H12N4O. The van der Waals surface area contributed by atoms with Crippen molar-refractivity contribution in [3.05, 3.63) is 22.9 Å². The maximum Gasteiger partial charge on any atom is 0.261 e. The molecule has 2 aromatic heterocycles. The van der Waals surface area contributed by atoms with Gasteiger partial charge in [0.2, 0.25) is 0 Å². The topological polar surface area (TPSA) is 63.6 Å². The Bertz CT molecular complexity index is 536. The van der Waals surface area contributed by atoms with Crippen LogP contribution in [-0.4, -0.2) is 19.7 Å². The first kappa shape index (κ1) is 8.64. The SMILES string of the molecule is O=c1[nH]cnc2nn(C3CCCC3)cc12. The minimum Gasteiger partial charge on any atom is -0.312 e. The Morgan fingerprint density at radius 1 is 1.40 bits per heavy atom. The Hall–Kier alpha value is -1.65. The van der Waals surface area contributed by atoms with Crippen LogP contribution in [0, 0.1) is 0 Å². The first-order valence-corrected chi connectivity index (χ1v) is 5.27. The molecule has 0 aromatic carbocycles. The van der Waals surface area contributed by atoms with Crippen molar-refractivity contribution in [2.24, 2.45) is 0 Å². The lowest BCUT2D eigenvalue weighted by Gasteiger charge is -2.07. The van der Waals surface area contributed by atoms with Crippen molar-refractivity contribution in [3.63, 3.8) is 0 Å². The summed E-state index contributed by atoms with van der Waals surface area (Å²) in [6, 6.07) is 0.457. The summed E-state index contributed by atoms with van der Waals surface area (Å²) < 4.78 is 1.90. The zero-order valence-corrected chi connectivity index (χ0v) is 8.31. The number of nitrogens with zero attached hydrogens (tertiary/aromatic N) is 3. The van der Waals surface area contributed by atoms with Crippen LogP contribution in [0.15, 0.2) is 17.3 Å². The molecule has 0 amide bonds. The van der Waals surface area contributed by atoms with E-state index in [1.165, 1.54) is 19.2 Å². The molecule has 1 N–H and O–H groups in total. The molecule has 1 aliphatic carbocycles. The van der Waals surface area contributed by atoms with Crippen molar-refractivity contribution >= 4 is 11.0 Å². The number of hydrogen-bond acceptors (Lipinski definition) is 3. The average molecular weight is 204 g/mol. The van der Waals surface area contributed by atoms with Crippen LogP contribution in [0.25, 0.3) is 11.0 Å². The lowest BCUT2D eigenvalue weighted by molar-refractivity contribution is 0.470. The summed E-state index contributed by atoms with van der Waals surface area (Å²) in [4.78, 5) is 18.1. The molecule has 78 valence electrons. The molecule has 0 spiro atoms. The molecule has 2 heterocycles. The first-order valence-electron chi connectivity index (χ1n) is 5.27. The molecule has 0 aliphatic heterocycles. The van der Waals surface area contributed by atoms with Crippen molar-refractivity contribution in [1.82, 2.24) is 19.7 Å². The van der Waals surface area contributed by atoms with Crippen molar-refractivity contribution in [2.45, 2.75) is 31.7 Å². The van der Waals surface area contributed by atoms with Crippen molar-refractivity contribution < 1.29 is 0 Å². The molecule has 0 bridgehead atoms. The normalized spacial score (nSPS) is 17.6. The second-order valence-electron chi connectivity index (χ2n) is 4.02. The van der Waals surface area contributed by atoms with Gasteiger partial charge in [0.1, 0.15) is 5.39 Å². The maximum absolute atomic E-state index is 11.5. The van der Waals surface area contributed by atoms with Gasteiger partial charge in [-0.1, -0.05) is 12.8 Å². The van der Waals surface area contributed by atoms with Gasteiger partial charge in [-0.25, -0.2) is 4.98 Å². The summed E-state index contributed by atoms with van der Waals surface area (Å²) in [5.74, 6) is 0. The summed E-state index contributed by atoms with van der Waals surface area (Å²) in [6.07, 6.45) is 8.04. The number of H-pyrrole nitrogens is 1. The fraction of sp³-hybridized carbons (Fsp3) is 0.500. The molecule has 1 aliphatic rings. The lowest BCUT2D eigenvalue weighted by Crippen LogP contribution is -2.05. The molecule has 15 heavy (non-hydrogen) atoms. The molecular weight excluding hydrogens is 192 g/mol. The Kier molecular flexibility index (Phi) is 1.83. The van der Waals surface area contributed by atoms with Gasteiger partial charge in [0.05, 0.1) is 12.4 Å². The number of nitrogens with one attached hydrogen (secondary N) is 1. The Labute approximate surface area is 86.1 Å². The number of aromatic amines is 1. The van der Waals surface area contributed by atoms with E-state index in [2.05, 4.69) is 15.1 Å². The van der Waals surface area contributed by atoms with Gasteiger partial charge in [-0.05, 0) is 12.8 Å². The molecule has 3 rings (SSSR count). The molecule has 5 heteroatoms. The third kappa shape index (κ3) is 1.35. The largest absolute Gasteiger partial charge is 0.312 e. The Morgan fingerprint density at radius 2 is 2.20 bits per heavy atom. The highest BCUT2D eigenvalue weighted by Gasteiger charge is 2.18. The molecule has 0 radical (unpaired) electrons. The van der Waals surface area contributed by atoms with Crippen molar-refractivity contribution in [3.8, 4) is 0 Å². The number of fused-ring (bicyclic) bond motifs is 1. The van der Waals surface area contributed by atoms with Crippen LogP contribution in [0.3, 0.4) is 0 Å². The van der Waals surface area contributed by atoms with Gasteiger partial charge < -0.3 is 4.98 Å². The minimum atomic E-state index is -0.107. The summed E-state index contributed by atoms with van der Waals surface area (Å²) in [5.41, 5.74) is 0.440. The van der Waals surface area contributed by atoms with E-state index in [1.807, 2.05) is 10.9 Å². The average Bonchev–Trinajstić information content (AvgIpc) is 2.86. The van der Waals surface area contributed by atoms with Crippen LogP contribution in [-0.2, 0) is 0 Å². The van der Waals surface area contributed by atoms with Gasteiger partial charge in [-0.2, -0.15) is 5.10 Å². The van der Waals surface area contributed by atoms with E-state index in [4.69, 9.17) is 0 Å². The molecule has 1 fully saturated rings. The van der Waals surface area contributed by atoms with Gasteiger partial charge in [0, 0.05) is 6.20 Å². The highest BCUT2D eigenvalue weighted by Crippen LogP contribution is 2.29. The predicted octanol–water partition coefficient (Wildman–Crippen LogP) is 1.23. The van der Waals surface area contributed by atoms with Gasteiger partial charge in [0.15, 0.2) is 5.65 Å². The van der Waals surface area contributed by atoms with Crippen LogP contribution in [0.1, 0.15) is 31.7 Å². The Balaban J connectivity index is 2.13. The highest BCUT2D eigenvalue weighted by molar-refractivity contribution is 5.72. The smallest absolute Gasteiger partial charge is 0.261 e. The van der Waals surface area contributed by atoms with Crippen LogP contribution in [0.5, 0.6) is 0 Å². The summed E-state index contributed by atoms with van der Waals surface area (Å²) in [6.45, 7) is 0. The van der Waals surface area contributed by atoms with Crippen LogP contribution >= 0.6 is 0 Å². The standard InChI is InChI=1S/C10H12N4O/c15-10-8-5-14(7-3-1-2-4-7)13-9(8)11-6-12-10/h5-7H,1-4H2,(H,11,12,13,15).